The van der Waals surface area contributed by atoms with Crippen molar-refractivity contribution in [1.82, 2.24) is 9.80 Å². The van der Waals surface area contributed by atoms with Gasteiger partial charge in [0.2, 0.25) is 5.91 Å². The van der Waals surface area contributed by atoms with Gasteiger partial charge in [-0.15, -0.1) is 0 Å². The summed E-state index contributed by atoms with van der Waals surface area (Å²) in [6.07, 6.45) is 3.65. The highest BCUT2D eigenvalue weighted by molar-refractivity contribution is 5.76. The minimum atomic E-state index is -0.650. The standard InChI is InChI=1S/C14H25N3O3/c15-13(18)10-17-11-1-3-14(19,4-2-11)12(17)9-16-5-7-20-8-6-16/h11-12,19H,1-10H2,(H2,15,18). The van der Waals surface area contributed by atoms with E-state index in [0.717, 1.165) is 58.5 Å². The molecule has 3 aliphatic heterocycles. The minimum absolute atomic E-state index is 0.0283. The van der Waals surface area contributed by atoms with E-state index in [9.17, 15) is 9.90 Å². The molecule has 6 heteroatoms. The van der Waals surface area contributed by atoms with Crippen LogP contribution in [0.25, 0.3) is 0 Å². The number of fused-ring (bicyclic) bond motifs is 3. The molecular formula is C14H25N3O3. The Kier molecular flexibility index (Phi) is 3.99. The topological polar surface area (TPSA) is 79.0 Å². The van der Waals surface area contributed by atoms with Gasteiger partial charge in [0.05, 0.1) is 31.4 Å². The van der Waals surface area contributed by atoms with E-state index in [0.29, 0.717) is 6.04 Å². The molecule has 114 valence electrons. The second kappa shape index (κ2) is 5.60. The van der Waals surface area contributed by atoms with Crippen molar-refractivity contribution < 1.29 is 14.6 Å². The molecule has 4 rings (SSSR count). The van der Waals surface area contributed by atoms with Gasteiger partial charge in [-0.3, -0.25) is 14.6 Å². The Morgan fingerprint density at radius 1 is 1.30 bits per heavy atom. The number of carbonyl (C=O) groups is 1. The fourth-order valence-electron chi connectivity index (χ4n) is 4.05. The van der Waals surface area contributed by atoms with Crippen LogP contribution in [-0.4, -0.2) is 77.9 Å². The largest absolute Gasteiger partial charge is 0.388 e. The van der Waals surface area contributed by atoms with Gasteiger partial charge in [-0.2, -0.15) is 0 Å². The molecule has 3 saturated heterocycles. The Hall–Kier alpha value is -0.690. The average Bonchev–Trinajstić information content (AvgIpc) is 2.43. The van der Waals surface area contributed by atoms with Gasteiger partial charge < -0.3 is 15.6 Å². The van der Waals surface area contributed by atoms with E-state index < -0.39 is 5.60 Å². The van der Waals surface area contributed by atoms with Crippen molar-refractivity contribution in [3.63, 3.8) is 0 Å². The summed E-state index contributed by atoms with van der Waals surface area (Å²) in [6.45, 7) is 4.39. The van der Waals surface area contributed by atoms with Gasteiger partial charge in [-0.05, 0) is 25.7 Å². The molecule has 1 unspecified atom stereocenters. The highest BCUT2D eigenvalue weighted by atomic mass is 16.5. The molecular weight excluding hydrogens is 258 g/mol. The van der Waals surface area contributed by atoms with E-state index in [-0.39, 0.29) is 18.5 Å². The van der Waals surface area contributed by atoms with Gasteiger partial charge in [-0.1, -0.05) is 0 Å². The Labute approximate surface area is 119 Å². The number of nitrogens with two attached hydrogens (primary N) is 1. The van der Waals surface area contributed by atoms with E-state index in [1.165, 1.54) is 0 Å². The lowest BCUT2D eigenvalue weighted by Gasteiger charge is -2.56. The van der Waals surface area contributed by atoms with Crippen LogP contribution in [0.5, 0.6) is 0 Å². The molecule has 2 bridgehead atoms. The Morgan fingerprint density at radius 3 is 2.55 bits per heavy atom. The summed E-state index contributed by atoms with van der Waals surface area (Å²) < 4.78 is 5.38. The lowest BCUT2D eigenvalue weighted by Crippen LogP contribution is -2.69. The van der Waals surface area contributed by atoms with Gasteiger partial charge in [-0.25, -0.2) is 0 Å². The minimum Gasteiger partial charge on any atom is -0.388 e. The number of carbonyl (C=O) groups excluding carboxylic acids is 1. The first-order valence-corrected chi connectivity index (χ1v) is 7.65. The Bertz CT molecular complexity index is 363. The molecule has 3 heterocycles. The van der Waals surface area contributed by atoms with Gasteiger partial charge >= 0.3 is 0 Å². The van der Waals surface area contributed by atoms with Crippen LogP contribution in [-0.2, 0) is 9.53 Å². The van der Waals surface area contributed by atoms with Crippen LogP contribution in [0, 0.1) is 0 Å². The van der Waals surface area contributed by atoms with Gasteiger partial charge in [0.1, 0.15) is 0 Å². The van der Waals surface area contributed by atoms with Crippen molar-refractivity contribution in [3.05, 3.63) is 0 Å². The third-order valence-electron chi connectivity index (χ3n) is 5.18. The number of hydrogen-bond acceptors (Lipinski definition) is 5. The molecule has 1 aliphatic carbocycles. The van der Waals surface area contributed by atoms with Crippen LogP contribution in [0.4, 0.5) is 0 Å². The van der Waals surface area contributed by atoms with E-state index in [4.69, 9.17) is 10.5 Å². The highest BCUT2D eigenvalue weighted by Gasteiger charge is 2.51. The van der Waals surface area contributed by atoms with Gasteiger partial charge in [0, 0.05) is 25.7 Å². The van der Waals surface area contributed by atoms with E-state index in [2.05, 4.69) is 9.80 Å². The number of primary amides is 1. The van der Waals surface area contributed by atoms with Crippen molar-refractivity contribution in [3.8, 4) is 0 Å². The third kappa shape index (κ3) is 2.70. The molecule has 0 radical (unpaired) electrons. The lowest BCUT2D eigenvalue weighted by molar-refractivity contribution is -0.158. The van der Waals surface area contributed by atoms with E-state index >= 15 is 0 Å². The SMILES string of the molecule is NC(=O)CN1C2CCC(O)(CC2)C1CN1CCOCC1. The third-order valence-corrected chi connectivity index (χ3v) is 5.18. The quantitative estimate of drug-likeness (QED) is 0.703. The molecule has 3 N–H and O–H groups in total. The molecule has 0 aromatic carbocycles. The number of morpholine rings is 1. The maximum absolute atomic E-state index is 11.4. The van der Waals surface area contributed by atoms with Gasteiger partial charge in [0.15, 0.2) is 0 Å². The smallest absolute Gasteiger partial charge is 0.231 e. The molecule has 6 nitrogen and oxygen atoms in total. The second-order valence-corrected chi connectivity index (χ2v) is 6.40. The predicted octanol–water partition coefficient (Wildman–Crippen LogP) is -0.838. The summed E-state index contributed by atoms with van der Waals surface area (Å²) >= 11 is 0. The van der Waals surface area contributed by atoms with Crippen molar-refractivity contribution in [2.75, 3.05) is 39.4 Å². The fraction of sp³-hybridized carbons (Fsp3) is 0.929. The van der Waals surface area contributed by atoms with Crippen molar-refractivity contribution in [2.24, 2.45) is 5.73 Å². The molecule has 1 atom stereocenters. The van der Waals surface area contributed by atoms with E-state index in [1.807, 2.05) is 0 Å². The van der Waals surface area contributed by atoms with Crippen LogP contribution < -0.4 is 5.73 Å². The molecule has 4 aliphatic rings. The number of aliphatic hydroxyl groups is 1. The van der Waals surface area contributed by atoms with Crippen LogP contribution in [0.15, 0.2) is 0 Å². The molecule has 20 heavy (non-hydrogen) atoms. The first-order chi connectivity index (χ1) is 9.58. The molecule has 0 aromatic rings. The molecule has 1 saturated carbocycles. The Balaban J connectivity index is 1.74. The monoisotopic (exact) mass is 283 g/mol. The van der Waals surface area contributed by atoms with Crippen molar-refractivity contribution in [1.29, 1.82) is 0 Å². The zero-order valence-electron chi connectivity index (χ0n) is 12.0. The summed E-state index contributed by atoms with van der Waals surface area (Å²) in [6, 6.07) is 0.433. The number of piperidine rings is 2. The number of nitrogens with zero attached hydrogens (tertiary/aromatic N) is 2. The summed E-state index contributed by atoms with van der Waals surface area (Å²) in [7, 11) is 0. The fourth-order valence-corrected chi connectivity index (χ4v) is 4.05. The van der Waals surface area contributed by atoms with Crippen LogP contribution in [0.2, 0.25) is 0 Å². The van der Waals surface area contributed by atoms with Crippen LogP contribution >= 0.6 is 0 Å². The number of amides is 1. The van der Waals surface area contributed by atoms with Crippen LogP contribution in [0.3, 0.4) is 0 Å². The zero-order chi connectivity index (χ0) is 14.2. The number of rotatable bonds is 4. The Morgan fingerprint density at radius 2 is 1.95 bits per heavy atom. The van der Waals surface area contributed by atoms with Crippen molar-refractivity contribution in [2.45, 2.75) is 43.4 Å². The average molecular weight is 283 g/mol. The highest BCUT2D eigenvalue weighted by Crippen LogP contribution is 2.42. The maximum Gasteiger partial charge on any atom is 0.231 e. The first-order valence-electron chi connectivity index (χ1n) is 7.65. The summed E-state index contributed by atoms with van der Waals surface area (Å²) in [5.41, 5.74) is 4.75. The van der Waals surface area contributed by atoms with E-state index in [1.54, 1.807) is 0 Å². The van der Waals surface area contributed by atoms with Gasteiger partial charge in [0.25, 0.3) is 0 Å². The first kappa shape index (κ1) is 14.3. The number of hydrogen-bond donors (Lipinski definition) is 2. The molecule has 1 amide bonds. The molecule has 0 aromatic heterocycles. The number of ether oxygens (including phenoxy) is 1. The normalized spacial score (nSPS) is 39.0. The second-order valence-electron chi connectivity index (χ2n) is 6.40. The molecule has 0 spiro atoms. The van der Waals surface area contributed by atoms with Crippen molar-refractivity contribution >= 4 is 5.91 Å². The zero-order valence-corrected chi connectivity index (χ0v) is 12.0. The summed E-state index contributed by atoms with van der Waals surface area (Å²) in [4.78, 5) is 15.8. The summed E-state index contributed by atoms with van der Waals surface area (Å²) in [5.74, 6) is -0.298. The lowest BCUT2D eigenvalue weighted by atomic mass is 9.70. The predicted molar refractivity (Wildman–Crippen MR) is 74.2 cm³/mol. The molecule has 4 fully saturated rings. The maximum atomic E-state index is 11.4. The van der Waals surface area contributed by atoms with Crippen LogP contribution in [0.1, 0.15) is 25.7 Å². The summed E-state index contributed by atoms with van der Waals surface area (Å²) in [5, 5.41) is 10.9.